The van der Waals surface area contributed by atoms with Crippen LogP contribution in [0.1, 0.15) is 136 Å². The van der Waals surface area contributed by atoms with Gasteiger partial charge >= 0.3 is 0 Å². The lowest BCUT2D eigenvalue weighted by Gasteiger charge is -2.58. The number of carbonyl (C=O) groups is 1. The zero-order valence-electron chi connectivity index (χ0n) is 45.4. The molecular formula is C59H73FN10O7S. The van der Waals surface area contributed by atoms with Crippen LogP contribution in [0.25, 0.3) is 11.0 Å². The summed E-state index contributed by atoms with van der Waals surface area (Å²) in [6.45, 7) is 12.1. The van der Waals surface area contributed by atoms with E-state index in [1.54, 1.807) is 25.3 Å². The number of sulfonamides is 1. The molecule has 2 atom stereocenters. The number of ether oxygens (including phenoxy) is 2. The third-order valence-corrected chi connectivity index (χ3v) is 18.7. The van der Waals surface area contributed by atoms with Gasteiger partial charge in [-0.2, -0.15) is 0 Å². The molecule has 2 saturated heterocycles. The number of hydrogen-bond donors (Lipinski definition) is 5. The van der Waals surface area contributed by atoms with E-state index >= 15 is 0 Å². The number of aromatic amines is 1. The van der Waals surface area contributed by atoms with Crippen LogP contribution in [0.4, 0.5) is 21.6 Å². The number of hydroxylamine groups is 1. The number of pyridine rings is 3. The molecule has 414 valence electrons. The van der Waals surface area contributed by atoms with Gasteiger partial charge in [-0.1, -0.05) is 44.2 Å². The number of hydrogen-bond acceptors (Lipinski definition) is 14. The number of H-pyrrole nitrogens is 1. The van der Waals surface area contributed by atoms with Crippen LogP contribution in [-0.4, -0.2) is 114 Å². The summed E-state index contributed by atoms with van der Waals surface area (Å²) in [5.41, 5.74) is 5.69. The lowest BCUT2D eigenvalue weighted by atomic mass is 9.59. The number of benzene rings is 2. The smallest absolute Gasteiger partial charge is 0.268 e. The van der Waals surface area contributed by atoms with Gasteiger partial charge in [0.1, 0.15) is 27.9 Å². The van der Waals surface area contributed by atoms with E-state index in [-0.39, 0.29) is 56.2 Å². The Bertz CT molecular complexity index is 3270. The molecule has 2 aliphatic heterocycles. The molecule has 6 aromatic rings. The molecule has 5 N–H and O–H groups in total. The van der Waals surface area contributed by atoms with E-state index in [1.807, 2.05) is 6.92 Å². The van der Waals surface area contributed by atoms with Crippen LogP contribution in [0.5, 0.6) is 17.4 Å². The summed E-state index contributed by atoms with van der Waals surface area (Å²) in [4.78, 5) is 37.9. The second-order valence-corrected chi connectivity index (χ2v) is 25.0. The highest BCUT2D eigenvalue weighted by Gasteiger charge is 2.50. The summed E-state index contributed by atoms with van der Waals surface area (Å²) in [7, 11) is -1.50. The predicted molar refractivity (Wildman–Crippen MR) is 297 cm³/mol. The average molecular weight is 1090 g/mol. The molecule has 1 unspecified atom stereocenters. The predicted octanol–water partition coefficient (Wildman–Crippen LogP) is 8.72. The molecule has 17 nitrogen and oxygen atoms in total. The SMILES string of the molecule is COc1nc(CN2CCN(C3CC4(CCN(c5ccc(C(=O)NS(=O)(=O)c6cnc(NC[C@H]7CC[C@](C)(O)CC7)c([NH+](C)[O-])c6)c(Oc6cnc7[nH]cc(F)c7c6)c5)CC4)C3)[C@H](c3ccccc3C(C)C)C2)ccc1C1CC1. The van der Waals surface area contributed by atoms with Gasteiger partial charge in [0.25, 0.3) is 15.9 Å². The lowest BCUT2D eigenvalue weighted by molar-refractivity contribution is -0.751. The number of halogens is 1. The Hall–Kier alpha value is -6.22. The number of rotatable bonds is 17. The van der Waals surface area contributed by atoms with Crippen LogP contribution in [0.2, 0.25) is 0 Å². The zero-order chi connectivity index (χ0) is 54.5. The van der Waals surface area contributed by atoms with Crippen LogP contribution >= 0.6 is 0 Å². The molecule has 2 aromatic carbocycles. The first-order chi connectivity index (χ1) is 37.4. The number of fused-ring (bicyclic) bond motifs is 1. The number of piperazine rings is 1. The van der Waals surface area contributed by atoms with Gasteiger partial charge in [-0.05, 0) is 130 Å². The fourth-order valence-corrected chi connectivity index (χ4v) is 13.6. The number of aromatic nitrogens is 4. The molecule has 19 heteroatoms. The fraction of sp³-hybridized carbons (Fsp3) is 0.492. The maximum atomic E-state index is 14.8. The Balaban J connectivity index is 0.782. The van der Waals surface area contributed by atoms with E-state index in [0.29, 0.717) is 42.9 Å². The number of nitrogens with zero attached hydrogens (tertiary/aromatic N) is 6. The zero-order valence-corrected chi connectivity index (χ0v) is 46.2. The molecule has 11 rings (SSSR count). The van der Waals surface area contributed by atoms with Crippen molar-refractivity contribution in [1.82, 2.24) is 34.5 Å². The van der Waals surface area contributed by atoms with E-state index in [9.17, 15) is 27.9 Å². The van der Waals surface area contributed by atoms with Gasteiger partial charge in [0, 0.05) is 87.5 Å². The summed E-state index contributed by atoms with van der Waals surface area (Å²) < 4.78 is 57.0. The van der Waals surface area contributed by atoms with Gasteiger partial charge in [-0.3, -0.25) is 14.6 Å². The summed E-state index contributed by atoms with van der Waals surface area (Å²) in [5.74, 6) is 0.949. The van der Waals surface area contributed by atoms with Gasteiger partial charge in [-0.15, -0.1) is 0 Å². The highest BCUT2D eigenvalue weighted by molar-refractivity contribution is 7.90. The first-order valence-electron chi connectivity index (χ1n) is 27.8. The van der Waals surface area contributed by atoms with E-state index in [2.05, 4.69) is 89.9 Å². The third kappa shape index (κ3) is 11.5. The molecule has 4 aromatic heterocycles. The van der Waals surface area contributed by atoms with Crippen LogP contribution in [0.15, 0.2) is 90.2 Å². The topological polar surface area (TPSA) is 206 Å². The molecule has 1 spiro atoms. The first-order valence-corrected chi connectivity index (χ1v) is 29.3. The van der Waals surface area contributed by atoms with E-state index < -0.39 is 32.4 Å². The summed E-state index contributed by atoms with van der Waals surface area (Å²) in [6, 6.07) is 21.9. The number of nitrogens with one attached hydrogen (secondary N) is 4. The number of amides is 1. The summed E-state index contributed by atoms with van der Waals surface area (Å²) in [6.07, 6.45) is 13.3. The minimum atomic E-state index is -4.56. The van der Waals surface area contributed by atoms with Crippen LogP contribution in [0, 0.1) is 22.4 Å². The van der Waals surface area contributed by atoms with Crippen molar-refractivity contribution in [2.75, 3.05) is 63.6 Å². The normalized spacial score (nSPS) is 22.6. The van der Waals surface area contributed by atoms with Crippen molar-refractivity contribution >= 4 is 44.2 Å². The van der Waals surface area contributed by atoms with Crippen LogP contribution < -0.4 is 29.5 Å². The maximum absolute atomic E-state index is 14.8. The lowest BCUT2D eigenvalue weighted by Crippen LogP contribution is -2.98. The number of methoxy groups -OCH3 is 1. The quantitative estimate of drug-likeness (QED) is 0.0542. The Morgan fingerprint density at radius 3 is 2.46 bits per heavy atom. The number of quaternary nitrogens is 1. The molecular weight excluding hydrogens is 1010 g/mol. The summed E-state index contributed by atoms with van der Waals surface area (Å²) >= 11 is 0. The molecule has 0 bridgehead atoms. The molecule has 5 fully saturated rings. The Morgan fingerprint density at radius 1 is 0.962 bits per heavy atom. The second kappa shape index (κ2) is 21.8. The average Bonchev–Trinajstić information content (AvgIpc) is 4.32. The van der Waals surface area contributed by atoms with Gasteiger partial charge < -0.3 is 40.1 Å². The van der Waals surface area contributed by atoms with Crippen LogP contribution in [-0.2, 0) is 16.6 Å². The van der Waals surface area contributed by atoms with E-state index in [0.717, 1.165) is 101 Å². The monoisotopic (exact) mass is 1080 g/mol. The number of aliphatic hydroxyl groups is 1. The number of carbonyl (C=O) groups excluding carboxylic acids is 1. The van der Waals surface area contributed by atoms with Gasteiger partial charge in [-0.25, -0.2) is 32.5 Å². The Labute approximate surface area is 456 Å². The molecule has 5 aliphatic rings. The standard InChI is InChI=1S/C59H73FN10O7S/c1-37(2)45-8-6-7-9-47(45)52-36-68(35-40-12-14-46(39-10-11-39)57(65-40)76-5)24-25-70(52)42-29-59(30-42)20-22-69(23-21-59)41-13-15-48(53(26-41)77-43-27-49-50(60)34-64-54(49)62-32-43)56(71)66-78(74,75)44-28-51(67(4)73)55(63-33-44)61-31-38-16-18-58(3,72)19-17-38/h6-9,12-15,26-28,32-34,37-39,42,52,67,72H,10-11,16-25,29-31,35-36H2,1-5H3,(H,61,63)(H,62,64)(H,66,71)/t38-,52-,58-/m0/s1. The number of anilines is 2. The van der Waals surface area contributed by atoms with Crippen molar-refractivity contribution in [3.8, 4) is 17.4 Å². The fourth-order valence-electron chi connectivity index (χ4n) is 12.6. The molecule has 78 heavy (non-hydrogen) atoms. The van der Waals surface area contributed by atoms with Crippen LogP contribution in [0.3, 0.4) is 0 Å². The maximum Gasteiger partial charge on any atom is 0.268 e. The third-order valence-electron chi connectivity index (χ3n) is 17.4. The van der Waals surface area contributed by atoms with Crippen molar-refractivity contribution < 1.29 is 37.2 Å². The van der Waals surface area contributed by atoms with Gasteiger partial charge in [0.2, 0.25) is 5.88 Å². The molecule has 3 saturated carbocycles. The molecule has 6 heterocycles. The van der Waals surface area contributed by atoms with Crippen molar-refractivity contribution in [1.29, 1.82) is 0 Å². The largest absolute Gasteiger partial charge is 0.629 e. The molecule has 3 aliphatic carbocycles. The number of piperidine rings is 1. The second-order valence-electron chi connectivity index (χ2n) is 23.4. The first kappa shape index (κ1) is 53.8. The summed E-state index contributed by atoms with van der Waals surface area (Å²) in [5, 5.41) is 26.2. The molecule has 0 radical (unpaired) electrons. The van der Waals surface area contributed by atoms with Crippen molar-refractivity contribution in [3.63, 3.8) is 0 Å². The highest BCUT2D eigenvalue weighted by Crippen LogP contribution is 2.54. The Kier molecular flexibility index (Phi) is 15.0. The minimum absolute atomic E-state index is 0.0599. The van der Waals surface area contributed by atoms with Crippen molar-refractivity contribution in [2.24, 2.45) is 11.3 Å². The molecule has 1 amide bonds. The van der Waals surface area contributed by atoms with Gasteiger partial charge in [0.05, 0.1) is 48.8 Å². The Morgan fingerprint density at radius 2 is 1.73 bits per heavy atom. The van der Waals surface area contributed by atoms with Gasteiger partial charge in [0.15, 0.2) is 11.5 Å². The minimum Gasteiger partial charge on any atom is -0.629 e. The van der Waals surface area contributed by atoms with E-state index in [4.69, 9.17) is 14.5 Å². The van der Waals surface area contributed by atoms with E-state index in [1.165, 1.54) is 61.1 Å². The van der Waals surface area contributed by atoms with Crippen molar-refractivity contribution in [2.45, 2.75) is 126 Å². The highest BCUT2D eigenvalue weighted by atomic mass is 32.2. The van der Waals surface area contributed by atoms with Crippen molar-refractivity contribution in [3.05, 3.63) is 124 Å².